The number of carbonyl (C=O) groups excluding carboxylic acids is 1. The summed E-state index contributed by atoms with van der Waals surface area (Å²) in [6.07, 6.45) is 2.83. The normalized spacial score (nSPS) is 17.4. The Morgan fingerprint density at radius 2 is 1.97 bits per heavy atom. The summed E-state index contributed by atoms with van der Waals surface area (Å²) >= 11 is 6.55. The lowest BCUT2D eigenvalue weighted by atomic mass is 10.0. The van der Waals surface area contributed by atoms with E-state index in [0.717, 1.165) is 0 Å². The number of anilines is 1. The predicted octanol–water partition coefficient (Wildman–Crippen LogP) is 2.89. The van der Waals surface area contributed by atoms with Crippen LogP contribution in [0, 0.1) is 6.92 Å². The number of hydrogen-bond acceptors (Lipinski definition) is 8. The van der Waals surface area contributed by atoms with Gasteiger partial charge in [-0.15, -0.1) is 0 Å². The van der Waals surface area contributed by atoms with E-state index >= 15 is 0 Å². The Balaban J connectivity index is 1.69. The van der Waals surface area contributed by atoms with E-state index in [-0.39, 0.29) is 23.8 Å². The van der Waals surface area contributed by atoms with Gasteiger partial charge in [-0.2, -0.15) is 0 Å². The first-order valence-corrected chi connectivity index (χ1v) is 11.0. The van der Waals surface area contributed by atoms with Gasteiger partial charge < -0.3 is 29.8 Å². The Morgan fingerprint density at radius 3 is 2.68 bits per heavy atom. The number of ether oxygens (including phenoxy) is 2. The minimum absolute atomic E-state index is 0.106. The van der Waals surface area contributed by atoms with E-state index in [4.69, 9.17) is 25.5 Å². The zero-order valence-corrected chi connectivity index (χ0v) is 19.8. The molecule has 10 heteroatoms. The van der Waals surface area contributed by atoms with Crippen LogP contribution in [0.1, 0.15) is 5.56 Å². The summed E-state index contributed by atoms with van der Waals surface area (Å²) in [6.45, 7) is 6.55. The number of nitrogens with zero attached hydrogens (tertiary/aromatic N) is 1. The summed E-state index contributed by atoms with van der Waals surface area (Å²) < 4.78 is 16.4. The quantitative estimate of drug-likeness (QED) is 0.438. The average molecular weight is 485 g/mol. The monoisotopic (exact) mass is 484 g/mol. The van der Waals surface area contributed by atoms with Crippen LogP contribution < -0.4 is 31.0 Å². The van der Waals surface area contributed by atoms with E-state index in [1.807, 2.05) is 6.92 Å². The molecular weight excluding hydrogens is 460 g/mol. The second-order valence-corrected chi connectivity index (χ2v) is 8.26. The maximum atomic E-state index is 12.9. The standard InChI is InChI=1S/C24H25ClN4O5/c1-5-21(30)29-16-11-26-10-15(16)28-20-7-14-13(9-27-20)6-18(34-24(14)31)22-12(2)17(32-3)8-19(33-4)23(22)25/h5-9,15-16,26H,1,10-11H2,2-4H3,(H,27,28)(H,29,30)/t15-,16+/m1/s1. The highest BCUT2D eigenvalue weighted by atomic mass is 35.5. The molecule has 34 heavy (non-hydrogen) atoms. The molecule has 0 aliphatic carbocycles. The van der Waals surface area contributed by atoms with Crippen molar-refractivity contribution < 1.29 is 18.7 Å². The molecule has 1 aliphatic rings. The highest BCUT2D eigenvalue weighted by Crippen LogP contribution is 2.42. The lowest BCUT2D eigenvalue weighted by Crippen LogP contribution is -2.45. The molecule has 3 N–H and O–H groups in total. The summed E-state index contributed by atoms with van der Waals surface area (Å²) in [6, 6.07) is 4.78. The molecule has 2 atom stereocenters. The molecule has 1 aliphatic heterocycles. The van der Waals surface area contributed by atoms with E-state index in [0.29, 0.717) is 57.3 Å². The van der Waals surface area contributed by atoms with Gasteiger partial charge in [0, 0.05) is 41.9 Å². The van der Waals surface area contributed by atoms with Gasteiger partial charge in [0.15, 0.2) is 0 Å². The molecule has 178 valence electrons. The summed E-state index contributed by atoms with van der Waals surface area (Å²) in [7, 11) is 3.05. The third-order valence-corrected chi connectivity index (χ3v) is 6.21. The fourth-order valence-electron chi connectivity index (χ4n) is 4.05. The van der Waals surface area contributed by atoms with E-state index in [1.165, 1.54) is 13.2 Å². The zero-order valence-electron chi connectivity index (χ0n) is 19.0. The van der Waals surface area contributed by atoms with Gasteiger partial charge in [-0.25, -0.2) is 9.78 Å². The van der Waals surface area contributed by atoms with Crippen LogP contribution in [0.15, 0.2) is 46.3 Å². The number of rotatable bonds is 7. The van der Waals surface area contributed by atoms with Crippen molar-refractivity contribution in [1.82, 2.24) is 15.6 Å². The largest absolute Gasteiger partial charge is 0.496 e. The highest BCUT2D eigenvalue weighted by molar-refractivity contribution is 6.35. The van der Waals surface area contributed by atoms with Crippen molar-refractivity contribution in [2.24, 2.45) is 0 Å². The second-order valence-electron chi connectivity index (χ2n) is 7.88. The lowest BCUT2D eigenvalue weighted by molar-refractivity contribution is -0.117. The van der Waals surface area contributed by atoms with Gasteiger partial charge in [0.25, 0.3) is 0 Å². The van der Waals surface area contributed by atoms with Gasteiger partial charge in [-0.3, -0.25) is 4.79 Å². The predicted molar refractivity (Wildman–Crippen MR) is 131 cm³/mol. The third-order valence-electron chi connectivity index (χ3n) is 5.83. The van der Waals surface area contributed by atoms with Crippen molar-refractivity contribution >= 4 is 34.1 Å². The molecule has 3 aromatic rings. The summed E-state index contributed by atoms with van der Waals surface area (Å²) in [5.74, 6) is 1.49. The molecule has 1 amide bonds. The van der Waals surface area contributed by atoms with Crippen molar-refractivity contribution in [3.05, 3.63) is 58.1 Å². The van der Waals surface area contributed by atoms with E-state index in [9.17, 15) is 9.59 Å². The molecule has 0 radical (unpaired) electrons. The van der Waals surface area contributed by atoms with Gasteiger partial charge in [0.2, 0.25) is 5.91 Å². The van der Waals surface area contributed by atoms with Crippen molar-refractivity contribution in [3.8, 4) is 22.8 Å². The number of benzene rings is 1. The van der Waals surface area contributed by atoms with Crippen LogP contribution in [0.5, 0.6) is 11.5 Å². The number of hydrogen-bond donors (Lipinski definition) is 3. The minimum atomic E-state index is -0.531. The number of methoxy groups -OCH3 is 2. The molecule has 0 spiro atoms. The van der Waals surface area contributed by atoms with E-state index < -0.39 is 5.63 Å². The van der Waals surface area contributed by atoms with Crippen LogP contribution in [0.4, 0.5) is 5.82 Å². The Hall–Kier alpha value is -3.56. The molecule has 1 fully saturated rings. The van der Waals surface area contributed by atoms with Crippen molar-refractivity contribution in [2.45, 2.75) is 19.0 Å². The smallest absolute Gasteiger partial charge is 0.344 e. The third kappa shape index (κ3) is 4.44. The number of aromatic nitrogens is 1. The maximum Gasteiger partial charge on any atom is 0.344 e. The van der Waals surface area contributed by atoms with Gasteiger partial charge in [0.1, 0.15) is 23.1 Å². The Kier molecular flexibility index (Phi) is 6.76. The molecule has 4 rings (SSSR count). The van der Waals surface area contributed by atoms with E-state index in [1.54, 1.807) is 31.5 Å². The number of fused-ring (bicyclic) bond motifs is 1. The molecule has 9 nitrogen and oxygen atoms in total. The Bertz CT molecular complexity index is 1290. The van der Waals surface area contributed by atoms with Crippen molar-refractivity contribution in [3.63, 3.8) is 0 Å². The van der Waals surface area contributed by atoms with Gasteiger partial charge in [0.05, 0.1) is 36.7 Å². The van der Waals surface area contributed by atoms with Crippen LogP contribution in [-0.2, 0) is 4.79 Å². The average Bonchev–Trinajstić information content (AvgIpc) is 3.26. The van der Waals surface area contributed by atoms with Gasteiger partial charge >= 0.3 is 5.63 Å². The second kappa shape index (κ2) is 9.74. The fourth-order valence-corrected chi connectivity index (χ4v) is 4.42. The van der Waals surface area contributed by atoms with Crippen LogP contribution >= 0.6 is 11.6 Å². The number of pyridine rings is 1. The lowest BCUT2D eigenvalue weighted by Gasteiger charge is -2.21. The molecule has 1 saturated heterocycles. The molecule has 2 aromatic heterocycles. The molecule has 0 saturated carbocycles. The molecule has 1 aromatic carbocycles. The Morgan fingerprint density at radius 1 is 1.24 bits per heavy atom. The number of nitrogens with one attached hydrogen (secondary N) is 3. The SMILES string of the molecule is C=CC(=O)N[C@H]1CNC[C@H]1Nc1cc2c(=O)oc(-c3c(C)c(OC)cc(OC)c3Cl)cc2cn1. The first kappa shape index (κ1) is 23.6. The molecule has 0 bridgehead atoms. The zero-order chi connectivity index (χ0) is 24.4. The number of carbonyl (C=O) groups is 1. The first-order chi connectivity index (χ1) is 16.4. The van der Waals surface area contributed by atoms with Gasteiger partial charge in [-0.1, -0.05) is 18.2 Å². The van der Waals surface area contributed by atoms with Crippen LogP contribution in [-0.4, -0.2) is 50.3 Å². The number of halogens is 1. The van der Waals surface area contributed by atoms with Crippen molar-refractivity contribution in [1.29, 1.82) is 0 Å². The van der Waals surface area contributed by atoms with Crippen LogP contribution in [0.2, 0.25) is 5.02 Å². The minimum Gasteiger partial charge on any atom is -0.496 e. The summed E-state index contributed by atoms with van der Waals surface area (Å²) in [4.78, 5) is 29.1. The van der Waals surface area contributed by atoms with Crippen LogP contribution in [0.25, 0.3) is 22.1 Å². The number of amides is 1. The topological polar surface area (TPSA) is 115 Å². The Labute approximate surface area is 201 Å². The molecular formula is C24H25ClN4O5. The van der Waals surface area contributed by atoms with Crippen molar-refractivity contribution in [2.75, 3.05) is 32.6 Å². The fraction of sp³-hybridized carbons (Fsp3) is 0.292. The van der Waals surface area contributed by atoms with Gasteiger partial charge in [-0.05, 0) is 25.1 Å². The molecule has 3 heterocycles. The highest BCUT2D eigenvalue weighted by Gasteiger charge is 2.28. The van der Waals surface area contributed by atoms with Crippen LogP contribution in [0.3, 0.4) is 0 Å². The van der Waals surface area contributed by atoms with E-state index in [2.05, 4.69) is 27.5 Å². The summed E-state index contributed by atoms with van der Waals surface area (Å²) in [5.41, 5.74) is 0.691. The summed E-state index contributed by atoms with van der Waals surface area (Å²) in [5, 5.41) is 10.7. The molecule has 0 unspecified atom stereocenters. The first-order valence-electron chi connectivity index (χ1n) is 10.6. The maximum absolute atomic E-state index is 12.9.